The van der Waals surface area contributed by atoms with Crippen LogP contribution in [0, 0.1) is 5.82 Å². The zero-order valence-corrected chi connectivity index (χ0v) is 25.1. The van der Waals surface area contributed by atoms with Crippen LogP contribution in [0.3, 0.4) is 0 Å². The van der Waals surface area contributed by atoms with Crippen LogP contribution in [0.15, 0.2) is 77.7 Å². The third-order valence-electron chi connectivity index (χ3n) is 6.58. The van der Waals surface area contributed by atoms with E-state index in [9.17, 15) is 22.4 Å². The lowest BCUT2D eigenvalue weighted by Crippen LogP contribution is -2.52. The Morgan fingerprint density at radius 2 is 1.61 bits per heavy atom. The molecular formula is C30H35ClFN3O5S. The number of anilines is 1. The van der Waals surface area contributed by atoms with Crippen molar-refractivity contribution < 1.29 is 27.1 Å². The highest BCUT2D eigenvalue weighted by Crippen LogP contribution is 2.27. The summed E-state index contributed by atoms with van der Waals surface area (Å²) in [5, 5.41) is 3.29. The Balaban J connectivity index is 2.04. The summed E-state index contributed by atoms with van der Waals surface area (Å²) in [5.74, 6) is -1.08. The molecule has 3 aromatic rings. The van der Waals surface area contributed by atoms with Crippen molar-refractivity contribution >= 4 is 39.1 Å². The van der Waals surface area contributed by atoms with E-state index in [1.807, 2.05) is 20.8 Å². The summed E-state index contributed by atoms with van der Waals surface area (Å²) in [7, 11) is -4.32. The molecule has 0 radical (unpaired) electrons. The number of rotatable bonds is 13. The monoisotopic (exact) mass is 603 g/mol. The number of nitrogens with one attached hydrogen (secondary N) is 1. The number of carbonyl (C=O) groups excluding carboxylic acids is 2. The predicted octanol–water partition coefficient (Wildman–Crippen LogP) is 5.41. The molecule has 0 saturated carbocycles. The minimum Gasteiger partial charge on any atom is -0.494 e. The van der Waals surface area contributed by atoms with E-state index in [1.165, 1.54) is 17.0 Å². The highest BCUT2D eigenvalue weighted by atomic mass is 35.5. The maximum atomic E-state index is 14.0. The number of ether oxygens (including phenoxy) is 1. The van der Waals surface area contributed by atoms with Crippen LogP contribution >= 0.6 is 11.6 Å². The van der Waals surface area contributed by atoms with Gasteiger partial charge in [-0.25, -0.2) is 12.8 Å². The van der Waals surface area contributed by atoms with Gasteiger partial charge in [0.25, 0.3) is 10.0 Å². The minimum absolute atomic E-state index is 0.0265. The van der Waals surface area contributed by atoms with Gasteiger partial charge in [0.15, 0.2) is 0 Å². The van der Waals surface area contributed by atoms with Gasteiger partial charge in [0.05, 0.1) is 17.2 Å². The van der Waals surface area contributed by atoms with E-state index in [4.69, 9.17) is 16.3 Å². The maximum Gasteiger partial charge on any atom is 0.264 e. The van der Waals surface area contributed by atoms with Gasteiger partial charge in [-0.1, -0.05) is 36.7 Å². The molecule has 0 saturated heterocycles. The Morgan fingerprint density at radius 1 is 0.976 bits per heavy atom. The standard InChI is InChI=1S/C30H35ClFN3O5S/c1-5-21(3)33-30(37)22(4)34(19-23-9-7-8-10-28(23)31)29(36)20-35(25-13-15-26(16-14-25)40-6-2)41(38,39)27-17-11-24(32)12-18-27/h7-18,21-22H,5-6,19-20H2,1-4H3,(H,33,37). The molecule has 0 aromatic heterocycles. The van der Waals surface area contributed by atoms with E-state index in [0.717, 1.165) is 28.6 Å². The Morgan fingerprint density at radius 3 is 2.20 bits per heavy atom. The first kappa shape index (κ1) is 31.9. The molecule has 0 fully saturated rings. The molecule has 0 aliphatic rings. The van der Waals surface area contributed by atoms with Crippen molar-refractivity contribution in [1.29, 1.82) is 0 Å². The summed E-state index contributed by atoms with van der Waals surface area (Å²) in [6, 6.07) is 16.5. The second-order valence-electron chi connectivity index (χ2n) is 9.50. The summed E-state index contributed by atoms with van der Waals surface area (Å²) in [6.45, 7) is 6.96. The van der Waals surface area contributed by atoms with Crippen LogP contribution in [-0.2, 0) is 26.2 Å². The predicted molar refractivity (Wildman–Crippen MR) is 158 cm³/mol. The van der Waals surface area contributed by atoms with Crippen LogP contribution in [0.25, 0.3) is 0 Å². The summed E-state index contributed by atoms with van der Waals surface area (Å²) in [6.07, 6.45) is 0.693. The number of hydrogen-bond acceptors (Lipinski definition) is 5. The van der Waals surface area contributed by atoms with Gasteiger partial charge >= 0.3 is 0 Å². The summed E-state index contributed by atoms with van der Waals surface area (Å²) >= 11 is 6.38. The average molecular weight is 604 g/mol. The Kier molecular flexibility index (Phi) is 11.1. The van der Waals surface area contributed by atoms with Crippen molar-refractivity contribution in [2.75, 3.05) is 17.5 Å². The first-order chi connectivity index (χ1) is 19.5. The van der Waals surface area contributed by atoms with E-state index in [-0.39, 0.29) is 29.1 Å². The van der Waals surface area contributed by atoms with Gasteiger partial charge < -0.3 is 15.0 Å². The molecule has 3 aromatic carbocycles. The van der Waals surface area contributed by atoms with Gasteiger partial charge in [0.1, 0.15) is 24.2 Å². The van der Waals surface area contributed by atoms with E-state index < -0.39 is 34.3 Å². The SMILES string of the molecule is CCOc1ccc(N(CC(=O)N(Cc2ccccc2Cl)C(C)C(=O)NC(C)CC)S(=O)(=O)c2ccc(F)cc2)cc1. The number of benzene rings is 3. The molecule has 0 bridgehead atoms. The fourth-order valence-electron chi connectivity index (χ4n) is 4.00. The van der Waals surface area contributed by atoms with Gasteiger partial charge in [-0.05, 0) is 87.4 Å². The zero-order chi connectivity index (χ0) is 30.2. The number of halogens is 2. The molecule has 41 heavy (non-hydrogen) atoms. The first-order valence-electron chi connectivity index (χ1n) is 13.3. The number of nitrogens with zero attached hydrogens (tertiary/aromatic N) is 2. The number of amides is 2. The summed E-state index contributed by atoms with van der Waals surface area (Å²) in [4.78, 5) is 28.2. The van der Waals surface area contributed by atoms with Crippen molar-refractivity contribution in [1.82, 2.24) is 10.2 Å². The molecule has 8 nitrogen and oxygen atoms in total. The molecule has 0 heterocycles. The van der Waals surface area contributed by atoms with Crippen LogP contribution < -0.4 is 14.4 Å². The highest BCUT2D eigenvalue weighted by molar-refractivity contribution is 7.92. The van der Waals surface area contributed by atoms with E-state index >= 15 is 0 Å². The second kappa shape index (κ2) is 14.3. The third-order valence-corrected chi connectivity index (χ3v) is 8.74. The molecule has 11 heteroatoms. The quantitative estimate of drug-likeness (QED) is 0.282. The fourth-order valence-corrected chi connectivity index (χ4v) is 5.61. The topological polar surface area (TPSA) is 96.0 Å². The van der Waals surface area contributed by atoms with Crippen molar-refractivity contribution in [2.45, 2.75) is 57.6 Å². The molecule has 3 rings (SSSR count). The maximum absolute atomic E-state index is 14.0. The lowest BCUT2D eigenvalue weighted by atomic mass is 10.1. The van der Waals surface area contributed by atoms with Crippen LogP contribution in [0.2, 0.25) is 5.02 Å². The van der Waals surface area contributed by atoms with Crippen molar-refractivity contribution in [3.05, 3.63) is 89.2 Å². The average Bonchev–Trinajstić information content (AvgIpc) is 2.95. The molecule has 220 valence electrons. The number of hydrogen-bond donors (Lipinski definition) is 1. The molecule has 0 aliphatic carbocycles. The fraction of sp³-hybridized carbons (Fsp3) is 0.333. The lowest BCUT2D eigenvalue weighted by Gasteiger charge is -2.32. The lowest BCUT2D eigenvalue weighted by molar-refractivity contribution is -0.139. The molecule has 2 unspecified atom stereocenters. The van der Waals surface area contributed by atoms with Gasteiger partial charge in [0, 0.05) is 17.6 Å². The van der Waals surface area contributed by atoms with Gasteiger partial charge in [-0.15, -0.1) is 0 Å². The molecule has 0 aliphatic heterocycles. The van der Waals surface area contributed by atoms with Gasteiger partial charge in [-0.3, -0.25) is 13.9 Å². The number of carbonyl (C=O) groups is 2. The van der Waals surface area contributed by atoms with E-state index in [2.05, 4.69) is 5.32 Å². The molecular weight excluding hydrogens is 569 g/mol. The zero-order valence-electron chi connectivity index (χ0n) is 23.5. The molecule has 2 amide bonds. The van der Waals surface area contributed by atoms with Gasteiger partial charge in [-0.2, -0.15) is 0 Å². The van der Waals surface area contributed by atoms with Gasteiger partial charge in [0.2, 0.25) is 11.8 Å². The summed E-state index contributed by atoms with van der Waals surface area (Å²) < 4.78 is 47.7. The van der Waals surface area contributed by atoms with Crippen molar-refractivity contribution in [3.63, 3.8) is 0 Å². The van der Waals surface area contributed by atoms with Crippen LogP contribution in [0.1, 0.15) is 39.7 Å². The Labute approximate surface area is 246 Å². The molecule has 2 atom stereocenters. The van der Waals surface area contributed by atoms with Crippen LogP contribution in [0.4, 0.5) is 10.1 Å². The smallest absolute Gasteiger partial charge is 0.264 e. The van der Waals surface area contributed by atoms with Crippen LogP contribution in [0.5, 0.6) is 5.75 Å². The normalized spacial score (nSPS) is 12.7. The largest absolute Gasteiger partial charge is 0.494 e. The second-order valence-corrected chi connectivity index (χ2v) is 11.8. The number of sulfonamides is 1. The van der Waals surface area contributed by atoms with Crippen molar-refractivity contribution in [3.8, 4) is 5.75 Å². The first-order valence-corrected chi connectivity index (χ1v) is 15.1. The molecule has 0 spiro atoms. The minimum atomic E-state index is -4.32. The summed E-state index contributed by atoms with van der Waals surface area (Å²) in [5.41, 5.74) is 0.792. The highest BCUT2D eigenvalue weighted by Gasteiger charge is 2.33. The van der Waals surface area contributed by atoms with Crippen LogP contribution in [-0.4, -0.2) is 50.4 Å². The van der Waals surface area contributed by atoms with Crippen molar-refractivity contribution in [2.24, 2.45) is 0 Å². The Bertz CT molecular complexity index is 1440. The third kappa shape index (κ3) is 8.20. The van der Waals surface area contributed by atoms with E-state index in [0.29, 0.717) is 29.4 Å². The molecule has 1 N–H and O–H groups in total. The van der Waals surface area contributed by atoms with E-state index in [1.54, 1.807) is 43.3 Å². The Hall–Kier alpha value is -3.63.